The summed E-state index contributed by atoms with van der Waals surface area (Å²) < 4.78 is 40.1. The quantitative estimate of drug-likeness (QED) is 0.595. The normalized spacial score (nSPS) is 11.1. The molecule has 0 bridgehead atoms. The number of hydrogen-bond donors (Lipinski definition) is 0. The number of nitrogens with zero attached hydrogens (tertiary/aromatic N) is 1. The number of fused-ring (bicyclic) bond motifs is 1. The molecule has 0 aliphatic carbocycles. The second kappa shape index (κ2) is 4.10. The maximum absolute atomic E-state index is 13.5. The van der Waals surface area contributed by atoms with E-state index in [-0.39, 0.29) is 10.2 Å². The third-order valence-corrected chi connectivity index (χ3v) is 3.65. The van der Waals surface area contributed by atoms with E-state index in [2.05, 4.69) is 4.98 Å². The molecule has 0 aliphatic heterocycles. The van der Waals surface area contributed by atoms with E-state index in [0.29, 0.717) is 11.1 Å². The third-order valence-electron chi connectivity index (χ3n) is 2.54. The van der Waals surface area contributed by atoms with E-state index in [9.17, 15) is 13.2 Å². The maximum Gasteiger partial charge on any atom is 0.186 e. The van der Waals surface area contributed by atoms with Gasteiger partial charge in [0.15, 0.2) is 11.6 Å². The second-order valence-corrected chi connectivity index (χ2v) is 4.72. The second-order valence-electron chi connectivity index (χ2n) is 3.72. The van der Waals surface area contributed by atoms with E-state index in [4.69, 9.17) is 0 Å². The zero-order valence-electron chi connectivity index (χ0n) is 8.95. The van der Waals surface area contributed by atoms with Gasteiger partial charge in [-0.1, -0.05) is 30.3 Å². The molecule has 0 spiro atoms. The molecular weight excluding hydrogens is 259 g/mol. The smallest absolute Gasteiger partial charge is 0.186 e. The maximum atomic E-state index is 13.5. The van der Waals surface area contributed by atoms with Crippen LogP contribution in [-0.4, -0.2) is 4.98 Å². The molecule has 1 heterocycles. The Balaban J connectivity index is 2.29. The fourth-order valence-electron chi connectivity index (χ4n) is 1.69. The van der Waals surface area contributed by atoms with Crippen molar-refractivity contribution < 1.29 is 13.2 Å². The number of hydrogen-bond acceptors (Lipinski definition) is 2. The van der Waals surface area contributed by atoms with E-state index in [1.165, 1.54) is 0 Å². The lowest BCUT2D eigenvalue weighted by Crippen LogP contribution is -1.88. The zero-order valence-corrected chi connectivity index (χ0v) is 9.77. The molecule has 0 saturated carbocycles. The fraction of sp³-hybridized carbons (Fsp3) is 0. The molecule has 0 saturated heterocycles. The highest BCUT2D eigenvalue weighted by Gasteiger charge is 2.17. The van der Waals surface area contributed by atoms with Crippen LogP contribution in [0.5, 0.6) is 0 Å². The molecule has 90 valence electrons. The van der Waals surface area contributed by atoms with Crippen LogP contribution in [0, 0.1) is 17.5 Å². The Hall–Kier alpha value is -1.88. The standard InChI is InChI=1S/C13H6F3NS/c14-8-6-9(15)12-11(10(8)16)17-13(18-12)7-4-2-1-3-5-7/h1-6H. The van der Waals surface area contributed by atoms with E-state index in [1.807, 2.05) is 6.07 Å². The summed E-state index contributed by atoms with van der Waals surface area (Å²) in [6, 6.07) is 9.54. The molecule has 1 nitrogen and oxygen atoms in total. The third kappa shape index (κ3) is 1.67. The van der Waals surface area contributed by atoms with Gasteiger partial charge in [-0.3, -0.25) is 0 Å². The monoisotopic (exact) mass is 265 g/mol. The van der Waals surface area contributed by atoms with E-state index < -0.39 is 17.5 Å². The van der Waals surface area contributed by atoms with Crippen LogP contribution >= 0.6 is 11.3 Å². The number of benzene rings is 2. The van der Waals surface area contributed by atoms with Crippen molar-refractivity contribution in [1.82, 2.24) is 4.98 Å². The Morgan fingerprint density at radius 3 is 2.39 bits per heavy atom. The van der Waals surface area contributed by atoms with Gasteiger partial charge in [0.25, 0.3) is 0 Å². The topological polar surface area (TPSA) is 12.9 Å². The Kier molecular flexibility index (Phi) is 2.56. The number of thiazole rings is 1. The summed E-state index contributed by atoms with van der Waals surface area (Å²) in [6.45, 7) is 0. The number of aromatic nitrogens is 1. The van der Waals surface area contributed by atoms with Gasteiger partial charge in [0.05, 0.1) is 4.70 Å². The first-order valence-corrected chi connectivity index (χ1v) is 5.98. The number of halogens is 3. The molecule has 0 atom stereocenters. The molecule has 2 aromatic carbocycles. The predicted molar refractivity (Wildman–Crippen MR) is 64.9 cm³/mol. The summed E-state index contributed by atoms with van der Waals surface area (Å²) in [7, 11) is 0. The first kappa shape index (κ1) is 11.2. The molecule has 0 N–H and O–H groups in total. The van der Waals surface area contributed by atoms with Crippen molar-refractivity contribution in [2.24, 2.45) is 0 Å². The van der Waals surface area contributed by atoms with Gasteiger partial charge in [-0.25, -0.2) is 18.2 Å². The van der Waals surface area contributed by atoms with Gasteiger partial charge >= 0.3 is 0 Å². The van der Waals surface area contributed by atoms with Gasteiger partial charge in [-0.05, 0) is 0 Å². The van der Waals surface area contributed by atoms with Gasteiger partial charge in [0.2, 0.25) is 0 Å². The summed E-state index contributed by atoms with van der Waals surface area (Å²) in [5.41, 5.74) is 0.495. The van der Waals surface area contributed by atoms with Crippen molar-refractivity contribution in [2.45, 2.75) is 0 Å². The van der Waals surface area contributed by atoms with Crippen LogP contribution in [0.25, 0.3) is 20.8 Å². The summed E-state index contributed by atoms with van der Waals surface area (Å²) in [5, 5.41) is 0.467. The highest BCUT2D eigenvalue weighted by Crippen LogP contribution is 2.33. The minimum atomic E-state index is -1.22. The van der Waals surface area contributed by atoms with Crippen LogP contribution in [0.15, 0.2) is 36.4 Å². The Morgan fingerprint density at radius 2 is 1.67 bits per heavy atom. The predicted octanol–water partition coefficient (Wildman–Crippen LogP) is 4.38. The van der Waals surface area contributed by atoms with Gasteiger partial charge in [0.1, 0.15) is 16.3 Å². The average Bonchev–Trinajstić information content (AvgIpc) is 2.83. The largest absolute Gasteiger partial charge is 0.233 e. The summed E-state index contributed by atoms with van der Waals surface area (Å²) >= 11 is 1.01. The fourth-order valence-corrected chi connectivity index (χ4v) is 2.66. The van der Waals surface area contributed by atoms with Crippen LogP contribution in [0.1, 0.15) is 0 Å². The van der Waals surface area contributed by atoms with Crippen molar-refractivity contribution in [1.29, 1.82) is 0 Å². The number of rotatable bonds is 1. The molecular formula is C13H6F3NS. The Labute approximate surface area is 105 Å². The molecule has 0 unspecified atom stereocenters. The zero-order chi connectivity index (χ0) is 12.7. The van der Waals surface area contributed by atoms with Crippen molar-refractivity contribution in [3.05, 3.63) is 53.8 Å². The molecule has 3 rings (SSSR count). The highest BCUT2D eigenvalue weighted by atomic mass is 32.1. The minimum absolute atomic E-state index is 0.0350. The van der Waals surface area contributed by atoms with Crippen LogP contribution in [0.2, 0.25) is 0 Å². The molecule has 0 fully saturated rings. The lowest BCUT2D eigenvalue weighted by Gasteiger charge is -1.94. The average molecular weight is 265 g/mol. The minimum Gasteiger partial charge on any atom is -0.233 e. The van der Waals surface area contributed by atoms with Crippen molar-refractivity contribution >= 4 is 21.6 Å². The first-order chi connectivity index (χ1) is 8.66. The van der Waals surface area contributed by atoms with Crippen LogP contribution < -0.4 is 0 Å². The first-order valence-electron chi connectivity index (χ1n) is 5.16. The van der Waals surface area contributed by atoms with Crippen LogP contribution in [0.4, 0.5) is 13.2 Å². The Morgan fingerprint density at radius 1 is 0.944 bits per heavy atom. The van der Waals surface area contributed by atoms with Gasteiger partial charge in [0, 0.05) is 11.6 Å². The van der Waals surface area contributed by atoms with Crippen LogP contribution in [-0.2, 0) is 0 Å². The molecule has 5 heteroatoms. The highest BCUT2D eigenvalue weighted by molar-refractivity contribution is 7.21. The van der Waals surface area contributed by atoms with Gasteiger partial charge < -0.3 is 0 Å². The molecule has 3 aromatic rings. The summed E-state index contributed by atoms with van der Waals surface area (Å²) in [5.74, 6) is -3.11. The molecule has 18 heavy (non-hydrogen) atoms. The SMILES string of the molecule is Fc1cc(F)c2sc(-c3ccccc3)nc2c1F. The lowest BCUT2D eigenvalue weighted by molar-refractivity contribution is 0.505. The van der Waals surface area contributed by atoms with E-state index in [1.54, 1.807) is 24.3 Å². The molecule has 0 aliphatic rings. The van der Waals surface area contributed by atoms with Crippen molar-refractivity contribution in [2.75, 3.05) is 0 Å². The van der Waals surface area contributed by atoms with E-state index >= 15 is 0 Å². The molecule has 0 radical (unpaired) electrons. The summed E-state index contributed by atoms with van der Waals surface area (Å²) in [4.78, 5) is 3.97. The lowest BCUT2D eigenvalue weighted by atomic mass is 10.2. The van der Waals surface area contributed by atoms with Crippen LogP contribution in [0.3, 0.4) is 0 Å². The van der Waals surface area contributed by atoms with E-state index in [0.717, 1.165) is 16.9 Å². The van der Waals surface area contributed by atoms with Crippen molar-refractivity contribution in [3.8, 4) is 10.6 Å². The van der Waals surface area contributed by atoms with Gasteiger partial charge in [-0.15, -0.1) is 11.3 Å². The summed E-state index contributed by atoms with van der Waals surface area (Å²) in [6.07, 6.45) is 0. The van der Waals surface area contributed by atoms with Crippen molar-refractivity contribution in [3.63, 3.8) is 0 Å². The van der Waals surface area contributed by atoms with Gasteiger partial charge in [-0.2, -0.15) is 0 Å². The molecule has 1 aromatic heterocycles. The molecule has 0 amide bonds. The Bertz CT molecular complexity index is 722.